The molecule has 1 amide bonds. The van der Waals surface area contributed by atoms with Crippen molar-refractivity contribution in [1.29, 1.82) is 0 Å². The highest BCUT2D eigenvalue weighted by atomic mass is 16.1. The Morgan fingerprint density at radius 3 is 3.00 bits per heavy atom. The number of nitrogens with zero attached hydrogens (tertiary/aromatic N) is 1. The Morgan fingerprint density at radius 1 is 1.67 bits per heavy atom. The molecule has 1 aromatic rings. The largest absolute Gasteiger partial charge is 0.355 e. The standard InChI is InChI=1S/C8H7N2O2/c1-9-8(12)6-3-2-4-10-7(6)5-11/h2-4H,1H3,(H,9,12). The minimum absolute atomic E-state index is 0.0388. The van der Waals surface area contributed by atoms with Gasteiger partial charge in [-0.2, -0.15) is 0 Å². The monoisotopic (exact) mass is 163 g/mol. The maximum Gasteiger partial charge on any atom is 0.254 e. The van der Waals surface area contributed by atoms with Crippen LogP contribution in [-0.4, -0.2) is 24.2 Å². The molecule has 12 heavy (non-hydrogen) atoms. The van der Waals surface area contributed by atoms with Gasteiger partial charge in [-0.15, -0.1) is 0 Å². The van der Waals surface area contributed by atoms with Crippen LogP contribution in [0.2, 0.25) is 0 Å². The summed E-state index contributed by atoms with van der Waals surface area (Å²) in [5.41, 5.74) is 0.284. The van der Waals surface area contributed by atoms with Gasteiger partial charge in [0.25, 0.3) is 12.2 Å². The Labute approximate surface area is 69.6 Å². The van der Waals surface area contributed by atoms with Crippen LogP contribution in [0.1, 0.15) is 16.1 Å². The summed E-state index contributed by atoms with van der Waals surface area (Å²) >= 11 is 0. The lowest BCUT2D eigenvalue weighted by atomic mass is 10.2. The van der Waals surface area contributed by atoms with Crippen LogP contribution in [0.25, 0.3) is 0 Å². The first kappa shape index (κ1) is 8.39. The van der Waals surface area contributed by atoms with Gasteiger partial charge in [0.2, 0.25) is 0 Å². The fourth-order valence-corrected chi connectivity index (χ4v) is 0.805. The normalized spacial score (nSPS) is 9.08. The first-order valence-electron chi connectivity index (χ1n) is 3.35. The molecular formula is C8H7N2O2. The predicted octanol–water partition coefficient (Wildman–Crippen LogP) is -0.101. The second-order valence-corrected chi connectivity index (χ2v) is 2.08. The lowest BCUT2D eigenvalue weighted by Gasteiger charge is -1.99. The van der Waals surface area contributed by atoms with E-state index in [9.17, 15) is 9.59 Å². The van der Waals surface area contributed by atoms with Crippen molar-refractivity contribution >= 4 is 12.2 Å². The number of aromatic nitrogens is 1. The van der Waals surface area contributed by atoms with Gasteiger partial charge in [-0.25, -0.2) is 0 Å². The molecule has 0 atom stereocenters. The Kier molecular flexibility index (Phi) is 2.53. The zero-order chi connectivity index (χ0) is 8.97. The lowest BCUT2D eigenvalue weighted by molar-refractivity contribution is 0.0962. The molecule has 0 unspecified atom stereocenters. The molecule has 0 aromatic carbocycles. The van der Waals surface area contributed by atoms with E-state index < -0.39 is 0 Å². The van der Waals surface area contributed by atoms with E-state index in [1.54, 1.807) is 12.4 Å². The van der Waals surface area contributed by atoms with Crippen molar-refractivity contribution in [2.45, 2.75) is 0 Å². The van der Waals surface area contributed by atoms with E-state index in [2.05, 4.69) is 10.3 Å². The van der Waals surface area contributed by atoms with Crippen LogP contribution < -0.4 is 5.32 Å². The van der Waals surface area contributed by atoms with Crippen molar-refractivity contribution < 1.29 is 9.59 Å². The number of amides is 1. The number of hydrogen-bond donors (Lipinski definition) is 1. The average Bonchev–Trinajstić information content (AvgIpc) is 2.16. The minimum atomic E-state index is -0.332. The van der Waals surface area contributed by atoms with Crippen molar-refractivity contribution in [3.05, 3.63) is 29.6 Å². The van der Waals surface area contributed by atoms with Crippen LogP contribution in [0.15, 0.2) is 18.3 Å². The van der Waals surface area contributed by atoms with Crippen LogP contribution >= 0.6 is 0 Å². The second kappa shape index (κ2) is 3.61. The number of rotatable bonds is 2. The Morgan fingerprint density at radius 2 is 2.42 bits per heavy atom. The molecule has 0 aliphatic heterocycles. The number of nitrogens with one attached hydrogen (secondary N) is 1. The summed E-state index contributed by atoms with van der Waals surface area (Å²) in [6.45, 7) is 0. The number of pyridine rings is 1. The lowest BCUT2D eigenvalue weighted by Crippen LogP contribution is -2.19. The molecule has 0 saturated carbocycles. The first-order valence-corrected chi connectivity index (χ1v) is 3.35. The van der Waals surface area contributed by atoms with Crippen molar-refractivity contribution in [2.75, 3.05) is 7.05 Å². The molecule has 1 rings (SSSR count). The van der Waals surface area contributed by atoms with E-state index in [4.69, 9.17) is 0 Å². The van der Waals surface area contributed by atoms with E-state index in [0.717, 1.165) is 0 Å². The van der Waals surface area contributed by atoms with Crippen molar-refractivity contribution in [2.24, 2.45) is 0 Å². The molecule has 1 N–H and O–H groups in total. The summed E-state index contributed by atoms with van der Waals surface area (Å²) in [6, 6.07) is 3.11. The van der Waals surface area contributed by atoms with Gasteiger partial charge in [0.15, 0.2) is 0 Å². The zero-order valence-corrected chi connectivity index (χ0v) is 6.50. The Balaban J connectivity index is 3.13. The van der Waals surface area contributed by atoms with Gasteiger partial charge in [-0.05, 0) is 12.1 Å². The third kappa shape index (κ3) is 1.47. The topological polar surface area (TPSA) is 59.1 Å². The summed E-state index contributed by atoms with van der Waals surface area (Å²) < 4.78 is 0. The summed E-state index contributed by atoms with van der Waals surface area (Å²) in [6.07, 6.45) is 3.03. The number of carbonyl (C=O) groups is 1. The highest BCUT2D eigenvalue weighted by Crippen LogP contribution is 2.01. The second-order valence-electron chi connectivity index (χ2n) is 2.08. The quantitative estimate of drug-likeness (QED) is 0.662. The summed E-state index contributed by atoms with van der Waals surface area (Å²) in [5, 5.41) is 2.40. The van der Waals surface area contributed by atoms with Crippen molar-refractivity contribution in [3.63, 3.8) is 0 Å². The van der Waals surface area contributed by atoms with Gasteiger partial charge < -0.3 is 5.32 Å². The third-order valence-corrected chi connectivity index (χ3v) is 1.38. The molecule has 0 saturated heterocycles. The molecule has 61 valence electrons. The average molecular weight is 163 g/mol. The van der Waals surface area contributed by atoms with Gasteiger partial charge in [0, 0.05) is 13.2 Å². The van der Waals surface area contributed by atoms with Gasteiger partial charge >= 0.3 is 0 Å². The summed E-state index contributed by atoms with van der Waals surface area (Å²) in [7, 11) is 1.49. The van der Waals surface area contributed by atoms with Crippen LogP contribution in [0.4, 0.5) is 0 Å². The van der Waals surface area contributed by atoms with Crippen molar-refractivity contribution in [3.8, 4) is 0 Å². The molecule has 1 aromatic heterocycles. The fourth-order valence-electron chi connectivity index (χ4n) is 0.805. The molecule has 0 aliphatic carbocycles. The smallest absolute Gasteiger partial charge is 0.254 e. The molecule has 1 heterocycles. The zero-order valence-electron chi connectivity index (χ0n) is 6.50. The SMILES string of the molecule is CNC(=O)c1cccnc1[C]=O. The van der Waals surface area contributed by atoms with Crippen LogP contribution in [0.5, 0.6) is 0 Å². The number of carbonyl (C=O) groups excluding carboxylic acids is 2. The van der Waals surface area contributed by atoms with Crippen molar-refractivity contribution in [1.82, 2.24) is 10.3 Å². The predicted molar refractivity (Wildman–Crippen MR) is 42.4 cm³/mol. The Bertz CT molecular complexity index is 310. The maximum absolute atomic E-state index is 11.1. The summed E-state index contributed by atoms with van der Waals surface area (Å²) in [4.78, 5) is 25.0. The first-order chi connectivity index (χ1) is 5.79. The minimum Gasteiger partial charge on any atom is -0.355 e. The molecular weight excluding hydrogens is 156 g/mol. The van der Waals surface area contributed by atoms with Crippen LogP contribution in [0, 0.1) is 0 Å². The fraction of sp³-hybridized carbons (Fsp3) is 0.125. The van der Waals surface area contributed by atoms with E-state index >= 15 is 0 Å². The van der Waals surface area contributed by atoms with E-state index in [0.29, 0.717) is 0 Å². The maximum atomic E-state index is 11.1. The van der Waals surface area contributed by atoms with Gasteiger partial charge in [-0.3, -0.25) is 14.6 Å². The highest BCUT2D eigenvalue weighted by molar-refractivity contribution is 6.00. The van der Waals surface area contributed by atoms with E-state index in [1.807, 2.05) is 0 Å². The van der Waals surface area contributed by atoms with Crippen LogP contribution in [0.3, 0.4) is 0 Å². The molecule has 0 aliphatic rings. The summed E-state index contributed by atoms with van der Waals surface area (Å²) in [5.74, 6) is -0.332. The molecule has 0 bridgehead atoms. The highest BCUT2D eigenvalue weighted by Gasteiger charge is 2.09. The molecule has 4 heteroatoms. The van der Waals surface area contributed by atoms with E-state index in [1.165, 1.54) is 19.3 Å². The number of hydrogen-bond acceptors (Lipinski definition) is 3. The van der Waals surface area contributed by atoms with Crippen LogP contribution in [-0.2, 0) is 4.79 Å². The van der Waals surface area contributed by atoms with E-state index in [-0.39, 0.29) is 17.2 Å². The molecule has 0 spiro atoms. The molecule has 1 radical (unpaired) electrons. The Hall–Kier alpha value is -1.71. The molecule has 0 fully saturated rings. The third-order valence-electron chi connectivity index (χ3n) is 1.38. The van der Waals surface area contributed by atoms with Gasteiger partial charge in [0.1, 0.15) is 5.69 Å². The molecule has 4 nitrogen and oxygen atoms in total. The van der Waals surface area contributed by atoms with Gasteiger partial charge in [0.05, 0.1) is 5.56 Å². The van der Waals surface area contributed by atoms with Gasteiger partial charge in [-0.1, -0.05) is 0 Å².